The minimum atomic E-state index is -0.661. The number of carbonyl (C=O) groups is 2. The highest BCUT2D eigenvalue weighted by atomic mass is 16.6. The minimum Gasteiger partial charge on any atom is -0.493 e. The van der Waals surface area contributed by atoms with Gasteiger partial charge in [0.25, 0.3) is 11.6 Å². The normalized spacial score (nSPS) is 10.9. The quantitative estimate of drug-likeness (QED) is 0.410. The molecule has 0 aliphatic carbocycles. The average Bonchev–Trinajstić information content (AvgIpc) is 2.66. The number of nitro groups is 1. The summed E-state index contributed by atoms with van der Waals surface area (Å²) in [5.74, 6) is -0.625. The van der Waals surface area contributed by atoms with E-state index in [1.54, 1.807) is 6.07 Å². The van der Waals surface area contributed by atoms with Crippen LogP contribution in [0.25, 0.3) is 0 Å². The summed E-state index contributed by atoms with van der Waals surface area (Å²) in [6.07, 6.45) is -0.0280. The maximum atomic E-state index is 11.9. The number of amides is 1. The molecular weight excluding hydrogens is 376 g/mol. The molecule has 2 aromatic rings. The first-order chi connectivity index (χ1) is 13.7. The lowest BCUT2D eigenvalue weighted by molar-refractivity contribution is -0.383. The number of para-hydroxylation sites is 2. The van der Waals surface area contributed by atoms with Gasteiger partial charge in [0.15, 0.2) is 6.61 Å². The van der Waals surface area contributed by atoms with E-state index in [4.69, 9.17) is 9.47 Å². The molecule has 29 heavy (non-hydrogen) atoms. The van der Waals surface area contributed by atoms with Gasteiger partial charge < -0.3 is 14.8 Å². The summed E-state index contributed by atoms with van der Waals surface area (Å²) in [4.78, 5) is 33.9. The molecule has 0 bridgehead atoms. The second kappa shape index (κ2) is 9.68. The monoisotopic (exact) mass is 400 g/mol. The van der Waals surface area contributed by atoms with Crippen molar-refractivity contribution in [1.82, 2.24) is 0 Å². The summed E-state index contributed by atoms with van der Waals surface area (Å²) in [5.41, 5.74) is 1.02. The Labute approximate surface area is 169 Å². The van der Waals surface area contributed by atoms with Crippen molar-refractivity contribution in [3.8, 4) is 5.75 Å². The number of hydrogen-bond donors (Lipinski definition) is 1. The number of carbonyl (C=O) groups excluding carboxylic acids is 2. The van der Waals surface area contributed by atoms with Gasteiger partial charge >= 0.3 is 5.97 Å². The van der Waals surface area contributed by atoms with Crippen LogP contribution in [0.5, 0.6) is 5.75 Å². The summed E-state index contributed by atoms with van der Waals surface area (Å²) in [5, 5.41) is 13.3. The molecule has 0 aliphatic rings. The van der Waals surface area contributed by atoms with Gasteiger partial charge in [-0.1, -0.05) is 45.0 Å². The Morgan fingerprint density at radius 1 is 1.07 bits per heavy atom. The first kappa shape index (κ1) is 21.9. The zero-order valence-corrected chi connectivity index (χ0v) is 16.6. The second-order valence-corrected chi connectivity index (χ2v) is 7.36. The van der Waals surface area contributed by atoms with Gasteiger partial charge in [0.1, 0.15) is 11.4 Å². The summed E-state index contributed by atoms with van der Waals surface area (Å²) in [7, 11) is 0. The second-order valence-electron chi connectivity index (χ2n) is 7.36. The maximum absolute atomic E-state index is 11.9. The summed E-state index contributed by atoms with van der Waals surface area (Å²) in [6.45, 7) is 5.92. The van der Waals surface area contributed by atoms with E-state index >= 15 is 0 Å². The van der Waals surface area contributed by atoms with Crippen LogP contribution in [-0.4, -0.2) is 30.0 Å². The van der Waals surface area contributed by atoms with Crippen LogP contribution in [0.3, 0.4) is 0 Å². The summed E-state index contributed by atoms with van der Waals surface area (Å²) >= 11 is 0. The zero-order valence-electron chi connectivity index (χ0n) is 16.6. The lowest BCUT2D eigenvalue weighted by Crippen LogP contribution is -2.22. The molecule has 0 radical (unpaired) electrons. The Hall–Kier alpha value is -3.42. The highest BCUT2D eigenvalue weighted by Gasteiger charge is 2.16. The molecule has 0 atom stereocenters. The number of benzene rings is 2. The third kappa shape index (κ3) is 6.91. The van der Waals surface area contributed by atoms with Gasteiger partial charge in [-0.15, -0.1) is 0 Å². The van der Waals surface area contributed by atoms with E-state index in [0.717, 1.165) is 0 Å². The molecule has 0 fully saturated rings. The largest absolute Gasteiger partial charge is 0.493 e. The molecule has 8 nitrogen and oxygen atoms in total. The van der Waals surface area contributed by atoms with Crippen LogP contribution < -0.4 is 10.1 Å². The fourth-order valence-electron chi connectivity index (χ4n) is 2.45. The van der Waals surface area contributed by atoms with E-state index in [0.29, 0.717) is 5.75 Å². The van der Waals surface area contributed by atoms with E-state index in [1.807, 2.05) is 24.3 Å². The maximum Gasteiger partial charge on any atom is 0.309 e. The van der Waals surface area contributed by atoms with Crippen molar-refractivity contribution in [1.29, 1.82) is 0 Å². The number of hydrogen-bond acceptors (Lipinski definition) is 6. The molecule has 0 saturated carbocycles. The molecular formula is C21H24N2O6. The number of nitrogens with one attached hydrogen (secondary N) is 1. The standard InChI is InChI=1S/C21H24N2O6/c1-21(2,3)15-8-10-16(11-9-15)28-13-12-20(25)29-14-19(24)22-17-6-4-5-7-18(17)23(26)27/h4-11H,12-14H2,1-3H3,(H,22,24). The first-order valence-electron chi connectivity index (χ1n) is 9.09. The Balaban J connectivity index is 1.73. The van der Waals surface area contributed by atoms with Crippen molar-refractivity contribution in [2.45, 2.75) is 32.6 Å². The molecule has 8 heteroatoms. The van der Waals surface area contributed by atoms with E-state index in [9.17, 15) is 19.7 Å². The van der Waals surface area contributed by atoms with Gasteiger partial charge in [-0.25, -0.2) is 0 Å². The number of esters is 1. The highest BCUT2D eigenvalue weighted by molar-refractivity contribution is 5.94. The molecule has 154 valence electrons. The van der Waals surface area contributed by atoms with Crippen molar-refractivity contribution in [3.63, 3.8) is 0 Å². The number of ether oxygens (including phenoxy) is 2. The Bertz CT molecular complexity index is 871. The van der Waals surface area contributed by atoms with Crippen molar-refractivity contribution in [2.24, 2.45) is 0 Å². The predicted molar refractivity (Wildman–Crippen MR) is 108 cm³/mol. The van der Waals surface area contributed by atoms with Crippen molar-refractivity contribution in [2.75, 3.05) is 18.5 Å². The molecule has 2 rings (SSSR count). The van der Waals surface area contributed by atoms with Gasteiger partial charge in [-0.05, 0) is 29.2 Å². The average molecular weight is 400 g/mol. The van der Waals surface area contributed by atoms with Gasteiger partial charge in [-0.3, -0.25) is 19.7 Å². The van der Waals surface area contributed by atoms with Crippen molar-refractivity contribution in [3.05, 3.63) is 64.2 Å². The third-order valence-corrected chi connectivity index (χ3v) is 4.03. The van der Waals surface area contributed by atoms with Crippen LogP contribution in [-0.2, 0) is 19.7 Å². The highest BCUT2D eigenvalue weighted by Crippen LogP contribution is 2.24. The lowest BCUT2D eigenvalue weighted by atomic mass is 9.87. The van der Waals surface area contributed by atoms with Crippen molar-refractivity contribution >= 4 is 23.3 Å². The van der Waals surface area contributed by atoms with Crippen molar-refractivity contribution < 1.29 is 24.0 Å². The fraction of sp³-hybridized carbons (Fsp3) is 0.333. The SMILES string of the molecule is CC(C)(C)c1ccc(OCCC(=O)OCC(=O)Nc2ccccc2[N+](=O)[O-])cc1. The number of nitrogens with zero attached hydrogens (tertiary/aromatic N) is 1. The van der Waals surface area contributed by atoms with E-state index in [2.05, 4.69) is 26.1 Å². The molecule has 0 heterocycles. The minimum absolute atomic E-state index is 0.0280. The first-order valence-corrected chi connectivity index (χ1v) is 9.09. The van der Waals surface area contributed by atoms with Gasteiger partial charge in [0.05, 0.1) is 18.0 Å². The Morgan fingerprint density at radius 3 is 2.34 bits per heavy atom. The van der Waals surface area contributed by atoms with Crippen LogP contribution in [0.2, 0.25) is 0 Å². The molecule has 1 N–H and O–H groups in total. The third-order valence-electron chi connectivity index (χ3n) is 4.03. The predicted octanol–water partition coefficient (Wildman–Crippen LogP) is 3.84. The molecule has 2 aromatic carbocycles. The van der Waals surface area contributed by atoms with E-state index < -0.39 is 23.4 Å². The molecule has 0 unspecified atom stereocenters. The van der Waals surface area contributed by atoms with Crippen LogP contribution in [0.15, 0.2) is 48.5 Å². The topological polar surface area (TPSA) is 108 Å². The number of nitro benzene ring substituents is 1. The van der Waals surface area contributed by atoms with Crippen LogP contribution in [0.4, 0.5) is 11.4 Å². The number of anilines is 1. The van der Waals surface area contributed by atoms with Gasteiger partial charge in [-0.2, -0.15) is 0 Å². The summed E-state index contributed by atoms with van der Waals surface area (Å²) < 4.78 is 10.4. The Kier molecular flexibility index (Phi) is 7.30. The lowest BCUT2D eigenvalue weighted by Gasteiger charge is -2.19. The molecule has 0 aliphatic heterocycles. The Morgan fingerprint density at radius 2 is 1.72 bits per heavy atom. The summed E-state index contributed by atoms with van der Waals surface area (Å²) in [6, 6.07) is 13.3. The van der Waals surface area contributed by atoms with E-state index in [1.165, 1.54) is 23.8 Å². The molecule has 0 aromatic heterocycles. The van der Waals surface area contributed by atoms with Crippen LogP contribution >= 0.6 is 0 Å². The van der Waals surface area contributed by atoms with Crippen LogP contribution in [0, 0.1) is 10.1 Å². The number of rotatable bonds is 8. The van der Waals surface area contributed by atoms with Gasteiger partial charge in [0, 0.05) is 6.07 Å². The fourth-order valence-corrected chi connectivity index (χ4v) is 2.45. The van der Waals surface area contributed by atoms with E-state index in [-0.39, 0.29) is 29.8 Å². The van der Waals surface area contributed by atoms with Crippen LogP contribution in [0.1, 0.15) is 32.8 Å². The zero-order chi connectivity index (χ0) is 21.4. The molecule has 1 amide bonds. The molecule has 0 spiro atoms. The van der Waals surface area contributed by atoms with Gasteiger partial charge in [0.2, 0.25) is 0 Å². The molecule has 0 saturated heterocycles. The smallest absolute Gasteiger partial charge is 0.309 e.